The third kappa shape index (κ3) is 5.68. The molecule has 2 aromatic carbocycles. The Morgan fingerprint density at radius 3 is 2.17 bits per heavy atom. The summed E-state index contributed by atoms with van der Waals surface area (Å²) in [7, 11) is 3.29. The number of hydrogen-bond acceptors (Lipinski definition) is 4. The first kappa shape index (κ1) is 18.0. The molecule has 0 aliphatic heterocycles. The maximum absolute atomic E-state index is 11.7. The largest absolute Gasteiger partial charge is 0.497 e. The molecule has 0 unspecified atom stereocenters. The smallest absolute Gasteiger partial charge is 0.234 e. The van der Waals surface area contributed by atoms with Gasteiger partial charge >= 0.3 is 0 Å². The monoisotopic (exact) mass is 328 g/mol. The molecule has 2 aromatic rings. The maximum atomic E-state index is 11.7. The van der Waals surface area contributed by atoms with Gasteiger partial charge in [-0.2, -0.15) is 0 Å². The molecular weight excluding hydrogens is 304 g/mol. The van der Waals surface area contributed by atoms with Crippen molar-refractivity contribution in [1.82, 2.24) is 10.6 Å². The van der Waals surface area contributed by atoms with E-state index in [9.17, 15) is 4.79 Å². The van der Waals surface area contributed by atoms with Gasteiger partial charge in [-0.25, -0.2) is 0 Å². The van der Waals surface area contributed by atoms with E-state index in [1.165, 1.54) is 0 Å². The predicted octanol–water partition coefficient (Wildman–Crippen LogP) is 2.21. The molecule has 2 N–H and O–H groups in total. The number of benzene rings is 2. The molecule has 0 heterocycles. The van der Waals surface area contributed by atoms with E-state index in [-0.39, 0.29) is 5.91 Å². The van der Waals surface area contributed by atoms with Crippen LogP contribution in [0.5, 0.6) is 5.75 Å². The van der Waals surface area contributed by atoms with Crippen molar-refractivity contribution in [3.63, 3.8) is 0 Å². The van der Waals surface area contributed by atoms with Crippen LogP contribution in [0.15, 0.2) is 48.5 Å². The minimum absolute atomic E-state index is 0.0228. The van der Waals surface area contributed by atoms with E-state index in [0.717, 1.165) is 22.4 Å². The lowest BCUT2D eigenvalue weighted by Gasteiger charge is -2.08. The topological polar surface area (TPSA) is 59.6 Å². The zero-order valence-corrected chi connectivity index (χ0v) is 14.2. The van der Waals surface area contributed by atoms with Gasteiger partial charge in [0.25, 0.3) is 0 Å². The van der Waals surface area contributed by atoms with E-state index in [1.54, 1.807) is 14.2 Å². The van der Waals surface area contributed by atoms with E-state index in [4.69, 9.17) is 9.47 Å². The summed E-state index contributed by atoms with van der Waals surface area (Å²) in [6, 6.07) is 16.1. The number of methoxy groups -OCH3 is 2. The summed E-state index contributed by atoms with van der Waals surface area (Å²) >= 11 is 0. The van der Waals surface area contributed by atoms with E-state index < -0.39 is 0 Å². The highest BCUT2D eigenvalue weighted by Crippen LogP contribution is 2.22. The van der Waals surface area contributed by atoms with Crippen molar-refractivity contribution >= 4 is 5.91 Å². The van der Waals surface area contributed by atoms with E-state index in [1.807, 2.05) is 36.4 Å². The lowest BCUT2D eigenvalue weighted by atomic mass is 10.0. The van der Waals surface area contributed by atoms with E-state index >= 15 is 0 Å². The molecule has 128 valence electrons. The van der Waals surface area contributed by atoms with Crippen LogP contribution in [0, 0.1) is 0 Å². The van der Waals surface area contributed by atoms with Gasteiger partial charge in [0.15, 0.2) is 0 Å². The van der Waals surface area contributed by atoms with Gasteiger partial charge in [0.1, 0.15) is 5.75 Å². The Balaban J connectivity index is 1.82. The van der Waals surface area contributed by atoms with Crippen molar-refractivity contribution < 1.29 is 14.3 Å². The van der Waals surface area contributed by atoms with Gasteiger partial charge in [-0.3, -0.25) is 4.79 Å². The Morgan fingerprint density at radius 1 is 0.958 bits per heavy atom. The number of hydrogen-bond donors (Lipinski definition) is 2. The zero-order chi connectivity index (χ0) is 17.2. The minimum Gasteiger partial charge on any atom is -0.497 e. The quantitative estimate of drug-likeness (QED) is 0.693. The molecule has 0 aliphatic carbocycles. The fourth-order valence-corrected chi connectivity index (χ4v) is 2.24. The minimum atomic E-state index is -0.0228. The lowest BCUT2D eigenvalue weighted by molar-refractivity contribution is -0.120. The first-order valence-corrected chi connectivity index (χ1v) is 7.92. The van der Waals surface area contributed by atoms with Crippen LogP contribution < -0.4 is 15.4 Å². The van der Waals surface area contributed by atoms with Gasteiger partial charge in [0.05, 0.1) is 20.3 Å². The number of nitrogens with one attached hydrogen (secondary N) is 2. The second-order valence-electron chi connectivity index (χ2n) is 5.37. The molecule has 0 fully saturated rings. The first-order chi connectivity index (χ1) is 11.7. The highest BCUT2D eigenvalue weighted by Gasteiger charge is 2.02. The molecule has 0 aliphatic rings. The molecule has 0 saturated carbocycles. The van der Waals surface area contributed by atoms with Crippen molar-refractivity contribution in [3.8, 4) is 16.9 Å². The van der Waals surface area contributed by atoms with E-state index in [0.29, 0.717) is 26.2 Å². The van der Waals surface area contributed by atoms with Crippen molar-refractivity contribution in [2.45, 2.75) is 6.54 Å². The molecule has 24 heavy (non-hydrogen) atoms. The fourth-order valence-electron chi connectivity index (χ4n) is 2.24. The number of carbonyl (C=O) groups is 1. The van der Waals surface area contributed by atoms with Gasteiger partial charge in [0, 0.05) is 20.2 Å². The first-order valence-electron chi connectivity index (χ1n) is 7.92. The maximum Gasteiger partial charge on any atom is 0.234 e. The second kappa shape index (κ2) is 9.70. The molecule has 0 saturated heterocycles. The standard InChI is InChI=1S/C19H24N2O3/c1-23-12-11-20-14-19(22)21-13-15-3-5-16(6-4-15)17-7-9-18(24-2)10-8-17/h3-10,20H,11-14H2,1-2H3,(H,21,22). The summed E-state index contributed by atoms with van der Waals surface area (Å²) in [5.74, 6) is 0.822. The summed E-state index contributed by atoms with van der Waals surface area (Å²) in [6.45, 7) is 2.08. The number of ether oxygens (including phenoxy) is 2. The zero-order valence-electron chi connectivity index (χ0n) is 14.2. The Kier molecular flexibility index (Phi) is 7.26. The Labute approximate surface area is 143 Å². The van der Waals surface area contributed by atoms with Gasteiger partial charge in [-0.1, -0.05) is 36.4 Å². The highest BCUT2D eigenvalue weighted by atomic mass is 16.5. The molecule has 0 spiro atoms. The molecule has 5 nitrogen and oxygen atoms in total. The Bertz CT molecular complexity index is 624. The number of rotatable bonds is 9. The molecule has 0 aromatic heterocycles. The van der Waals surface area contributed by atoms with Crippen LogP contribution in [0.25, 0.3) is 11.1 Å². The highest BCUT2D eigenvalue weighted by molar-refractivity contribution is 5.78. The third-order valence-corrected chi connectivity index (χ3v) is 3.64. The van der Waals surface area contributed by atoms with E-state index in [2.05, 4.69) is 22.8 Å². The summed E-state index contributed by atoms with van der Waals surface area (Å²) in [5.41, 5.74) is 3.33. The summed E-state index contributed by atoms with van der Waals surface area (Å²) in [6.07, 6.45) is 0. The van der Waals surface area contributed by atoms with Gasteiger partial charge in [0.2, 0.25) is 5.91 Å². The average Bonchev–Trinajstić information content (AvgIpc) is 2.64. The molecular formula is C19H24N2O3. The Morgan fingerprint density at radius 2 is 1.58 bits per heavy atom. The van der Waals surface area contributed by atoms with Crippen molar-refractivity contribution in [2.24, 2.45) is 0 Å². The second-order valence-corrected chi connectivity index (χ2v) is 5.37. The van der Waals surface area contributed by atoms with Crippen LogP contribution in [0.4, 0.5) is 0 Å². The molecule has 0 atom stereocenters. The predicted molar refractivity (Wildman–Crippen MR) is 95.0 cm³/mol. The third-order valence-electron chi connectivity index (χ3n) is 3.64. The summed E-state index contributed by atoms with van der Waals surface area (Å²) in [4.78, 5) is 11.7. The SMILES string of the molecule is COCCNCC(=O)NCc1ccc(-c2ccc(OC)cc2)cc1. The van der Waals surface area contributed by atoms with Crippen LogP contribution in [-0.2, 0) is 16.1 Å². The van der Waals surface area contributed by atoms with Crippen molar-refractivity contribution in [1.29, 1.82) is 0 Å². The van der Waals surface area contributed by atoms with Crippen molar-refractivity contribution in [2.75, 3.05) is 33.9 Å². The van der Waals surface area contributed by atoms with Crippen LogP contribution in [-0.4, -0.2) is 39.8 Å². The summed E-state index contributed by atoms with van der Waals surface area (Å²) < 4.78 is 10.1. The van der Waals surface area contributed by atoms with Crippen LogP contribution in [0.2, 0.25) is 0 Å². The normalized spacial score (nSPS) is 10.4. The van der Waals surface area contributed by atoms with Crippen molar-refractivity contribution in [3.05, 3.63) is 54.1 Å². The Hall–Kier alpha value is -2.37. The molecule has 2 rings (SSSR count). The van der Waals surface area contributed by atoms with Crippen LogP contribution in [0.1, 0.15) is 5.56 Å². The van der Waals surface area contributed by atoms with Gasteiger partial charge in [-0.05, 0) is 28.8 Å². The molecule has 0 radical (unpaired) electrons. The number of carbonyl (C=O) groups excluding carboxylic acids is 1. The van der Waals surface area contributed by atoms with Crippen LogP contribution in [0.3, 0.4) is 0 Å². The summed E-state index contributed by atoms with van der Waals surface area (Å²) in [5, 5.41) is 5.91. The van der Waals surface area contributed by atoms with Gasteiger partial charge in [-0.15, -0.1) is 0 Å². The lowest BCUT2D eigenvalue weighted by Crippen LogP contribution is -2.34. The molecule has 1 amide bonds. The van der Waals surface area contributed by atoms with Gasteiger partial charge < -0.3 is 20.1 Å². The number of amides is 1. The average molecular weight is 328 g/mol. The fraction of sp³-hybridized carbons (Fsp3) is 0.316. The molecule has 0 bridgehead atoms. The van der Waals surface area contributed by atoms with Crippen LogP contribution >= 0.6 is 0 Å². The molecule has 5 heteroatoms.